The number of nitrogens with zero attached hydrogens (tertiary/aromatic N) is 1. The number of benzene rings is 1. The molecule has 1 saturated carbocycles. The van der Waals surface area contributed by atoms with Crippen LogP contribution in [-0.2, 0) is 9.84 Å². The lowest BCUT2D eigenvalue weighted by Crippen LogP contribution is -2.26. The van der Waals surface area contributed by atoms with E-state index in [0.717, 1.165) is 31.6 Å². The molecule has 2 unspecified atom stereocenters. The van der Waals surface area contributed by atoms with Gasteiger partial charge in [-0.15, -0.1) is 0 Å². The Morgan fingerprint density at radius 1 is 1.33 bits per heavy atom. The van der Waals surface area contributed by atoms with E-state index < -0.39 is 14.8 Å². The molecule has 0 spiro atoms. The SMILES string of the molecule is CC1CCCC(Nc2ccc(S(C)(=O)=O)cc2[N+](=O)[O-])C1. The number of nitro benzene ring substituents is 1. The summed E-state index contributed by atoms with van der Waals surface area (Å²) in [5.74, 6) is 0.602. The van der Waals surface area contributed by atoms with Crippen molar-refractivity contribution in [2.45, 2.75) is 43.5 Å². The molecule has 1 aromatic carbocycles. The van der Waals surface area contributed by atoms with Crippen LogP contribution in [0.4, 0.5) is 11.4 Å². The second-order valence-corrected chi connectivity index (χ2v) is 7.84. The fraction of sp³-hybridized carbons (Fsp3) is 0.571. The van der Waals surface area contributed by atoms with E-state index >= 15 is 0 Å². The number of rotatable bonds is 4. The molecule has 1 aliphatic rings. The van der Waals surface area contributed by atoms with Crippen LogP contribution in [-0.4, -0.2) is 25.6 Å². The molecular weight excluding hydrogens is 292 g/mol. The van der Waals surface area contributed by atoms with Gasteiger partial charge in [0.1, 0.15) is 5.69 Å². The minimum absolute atomic E-state index is 0.0308. The Hall–Kier alpha value is -1.63. The van der Waals surface area contributed by atoms with E-state index in [1.54, 1.807) is 0 Å². The molecule has 21 heavy (non-hydrogen) atoms. The zero-order chi connectivity index (χ0) is 15.6. The molecule has 1 aromatic rings. The van der Waals surface area contributed by atoms with Gasteiger partial charge in [-0.3, -0.25) is 10.1 Å². The van der Waals surface area contributed by atoms with E-state index in [4.69, 9.17) is 0 Å². The van der Waals surface area contributed by atoms with Gasteiger partial charge in [0.05, 0.1) is 9.82 Å². The summed E-state index contributed by atoms with van der Waals surface area (Å²) in [7, 11) is -3.45. The van der Waals surface area contributed by atoms with Crippen molar-refractivity contribution in [1.82, 2.24) is 0 Å². The van der Waals surface area contributed by atoms with Gasteiger partial charge in [0.25, 0.3) is 5.69 Å². The number of nitrogens with one attached hydrogen (secondary N) is 1. The van der Waals surface area contributed by atoms with Gasteiger partial charge in [-0.25, -0.2) is 8.42 Å². The Bertz CT molecular complexity index is 642. The molecule has 6 nitrogen and oxygen atoms in total. The second kappa shape index (κ2) is 6.01. The van der Waals surface area contributed by atoms with Gasteiger partial charge in [-0.05, 0) is 30.9 Å². The molecule has 2 rings (SSSR count). The summed E-state index contributed by atoms with van der Waals surface area (Å²) in [6.07, 6.45) is 5.30. The molecule has 0 aromatic heterocycles. The van der Waals surface area contributed by atoms with E-state index in [-0.39, 0.29) is 16.6 Å². The molecule has 0 aliphatic heterocycles. The van der Waals surface area contributed by atoms with Crippen LogP contribution < -0.4 is 5.32 Å². The average molecular weight is 312 g/mol. The van der Waals surface area contributed by atoms with E-state index in [2.05, 4.69) is 12.2 Å². The van der Waals surface area contributed by atoms with Gasteiger partial charge in [-0.1, -0.05) is 19.8 Å². The lowest BCUT2D eigenvalue weighted by atomic mass is 9.87. The Labute approximate surface area is 124 Å². The minimum Gasteiger partial charge on any atom is -0.377 e. The highest BCUT2D eigenvalue weighted by Gasteiger charge is 2.23. The predicted molar refractivity (Wildman–Crippen MR) is 81.2 cm³/mol. The van der Waals surface area contributed by atoms with Crippen molar-refractivity contribution in [1.29, 1.82) is 0 Å². The van der Waals surface area contributed by atoms with Crippen LogP contribution in [0.25, 0.3) is 0 Å². The molecule has 1 fully saturated rings. The summed E-state index contributed by atoms with van der Waals surface area (Å²) in [5.41, 5.74) is 0.211. The number of hydrogen-bond acceptors (Lipinski definition) is 5. The van der Waals surface area contributed by atoms with Crippen LogP contribution in [0.3, 0.4) is 0 Å². The first-order valence-electron chi connectivity index (χ1n) is 7.02. The predicted octanol–water partition coefficient (Wildman–Crippen LogP) is 2.99. The Kier molecular flexibility index (Phi) is 4.51. The van der Waals surface area contributed by atoms with Crippen molar-refractivity contribution in [2.24, 2.45) is 5.92 Å². The van der Waals surface area contributed by atoms with Gasteiger partial charge in [-0.2, -0.15) is 0 Å². The highest BCUT2D eigenvalue weighted by Crippen LogP contribution is 2.31. The van der Waals surface area contributed by atoms with Gasteiger partial charge < -0.3 is 5.32 Å². The molecule has 1 N–H and O–H groups in total. The molecule has 2 atom stereocenters. The quantitative estimate of drug-likeness (QED) is 0.682. The zero-order valence-electron chi connectivity index (χ0n) is 12.2. The van der Waals surface area contributed by atoms with Crippen molar-refractivity contribution in [3.05, 3.63) is 28.3 Å². The normalized spacial score (nSPS) is 22.8. The Balaban J connectivity index is 2.28. The zero-order valence-corrected chi connectivity index (χ0v) is 13.0. The number of anilines is 1. The molecule has 0 heterocycles. The van der Waals surface area contributed by atoms with Crippen LogP contribution in [0.1, 0.15) is 32.6 Å². The maximum absolute atomic E-state index is 11.5. The molecular formula is C14H20N2O4S. The highest BCUT2D eigenvalue weighted by molar-refractivity contribution is 7.90. The maximum Gasteiger partial charge on any atom is 0.293 e. The van der Waals surface area contributed by atoms with Crippen molar-refractivity contribution in [3.8, 4) is 0 Å². The fourth-order valence-electron chi connectivity index (χ4n) is 2.80. The fourth-order valence-corrected chi connectivity index (χ4v) is 3.44. The van der Waals surface area contributed by atoms with E-state index in [1.165, 1.54) is 18.6 Å². The molecule has 0 bridgehead atoms. The molecule has 0 amide bonds. The van der Waals surface area contributed by atoms with E-state index in [1.807, 2.05) is 0 Å². The van der Waals surface area contributed by atoms with E-state index in [9.17, 15) is 18.5 Å². The van der Waals surface area contributed by atoms with Gasteiger partial charge >= 0.3 is 0 Å². The summed E-state index contributed by atoms with van der Waals surface area (Å²) >= 11 is 0. The molecule has 1 aliphatic carbocycles. The third-order valence-electron chi connectivity index (χ3n) is 3.89. The standard InChI is InChI=1S/C14H20N2O4S/c1-10-4-3-5-11(8-10)15-13-7-6-12(21(2,19)20)9-14(13)16(17)18/h6-7,9-11,15H,3-5,8H2,1-2H3. The minimum atomic E-state index is -3.45. The largest absolute Gasteiger partial charge is 0.377 e. The van der Waals surface area contributed by atoms with Gasteiger partial charge in [0.15, 0.2) is 9.84 Å². The Morgan fingerprint density at radius 3 is 2.62 bits per heavy atom. The third-order valence-corrected chi connectivity index (χ3v) is 5.00. The second-order valence-electron chi connectivity index (χ2n) is 5.82. The topological polar surface area (TPSA) is 89.3 Å². The molecule has 0 radical (unpaired) electrons. The van der Waals surface area contributed by atoms with Gasteiger partial charge in [0, 0.05) is 18.4 Å². The first kappa shape index (κ1) is 15.8. The number of nitro groups is 1. The lowest BCUT2D eigenvalue weighted by Gasteiger charge is -2.28. The van der Waals surface area contributed by atoms with E-state index in [0.29, 0.717) is 11.6 Å². The van der Waals surface area contributed by atoms with Crippen molar-refractivity contribution < 1.29 is 13.3 Å². The number of sulfone groups is 1. The van der Waals surface area contributed by atoms with Crippen LogP contribution in [0, 0.1) is 16.0 Å². The molecule has 7 heteroatoms. The summed E-state index contributed by atoms with van der Waals surface area (Å²) in [6, 6.07) is 4.24. The Morgan fingerprint density at radius 2 is 2.05 bits per heavy atom. The van der Waals surface area contributed by atoms with Crippen LogP contribution >= 0.6 is 0 Å². The first-order valence-corrected chi connectivity index (χ1v) is 8.91. The monoisotopic (exact) mass is 312 g/mol. The van der Waals surface area contributed by atoms with Crippen LogP contribution in [0.5, 0.6) is 0 Å². The lowest BCUT2D eigenvalue weighted by molar-refractivity contribution is -0.384. The summed E-state index contributed by atoms with van der Waals surface area (Å²) in [5, 5.41) is 14.4. The van der Waals surface area contributed by atoms with Gasteiger partial charge in [0.2, 0.25) is 0 Å². The van der Waals surface area contributed by atoms with Crippen LogP contribution in [0.15, 0.2) is 23.1 Å². The van der Waals surface area contributed by atoms with Crippen molar-refractivity contribution in [3.63, 3.8) is 0 Å². The molecule has 0 saturated heterocycles. The number of hydrogen-bond donors (Lipinski definition) is 1. The summed E-state index contributed by atoms with van der Waals surface area (Å²) in [4.78, 5) is 10.6. The van der Waals surface area contributed by atoms with Crippen LogP contribution in [0.2, 0.25) is 0 Å². The summed E-state index contributed by atoms with van der Waals surface area (Å²) in [6.45, 7) is 2.18. The highest BCUT2D eigenvalue weighted by atomic mass is 32.2. The van der Waals surface area contributed by atoms with Crippen molar-refractivity contribution in [2.75, 3.05) is 11.6 Å². The summed E-state index contributed by atoms with van der Waals surface area (Å²) < 4.78 is 23.0. The smallest absolute Gasteiger partial charge is 0.293 e. The first-order chi connectivity index (χ1) is 9.77. The van der Waals surface area contributed by atoms with Crippen molar-refractivity contribution >= 4 is 21.2 Å². The average Bonchev–Trinajstić information content (AvgIpc) is 2.37. The third kappa shape index (κ3) is 3.93. The maximum atomic E-state index is 11.5. The molecule has 116 valence electrons.